The molecule has 0 unspecified atom stereocenters. The van der Waals surface area contributed by atoms with Crippen LogP contribution in [-0.2, 0) is 16.1 Å². The predicted octanol–water partition coefficient (Wildman–Crippen LogP) is 4.97. The third-order valence-electron chi connectivity index (χ3n) is 7.41. The number of hydrogen-bond acceptors (Lipinski definition) is 6. The van der Waals surface area contributed by atoms with Crippen molar-refractivity contribution in [3.8, 4) is 11.5 Å². The number of nitrogens with zero attached hydrogens (tertiary/aromatic N) is 2. The van der Waals surface area contributed by atoms with Crippen molar-refractivity contribution in [1.82, 2.24) is 4.90 Å². The fraction of sp³-hybridized carbons (Fsp3) is 0.500. The van der Waals surface area contributed by atoms with E-state index in [0.29, 0.717) is 12.6 Å². The van der Waals surface area contributed by atoms with Crippen LogP contribution in [0.5, 0.6) is 11.5 Å². The Morgan fingerprint density at radius 1 is 1.03 bits per heavy atom. The van der Waals surface area contributed by atoms with E-state index in [1.165, 1.54) is 19.3 Å². The number of rotatable bonds is 7. The first kappa shape index (κ1) is 24.4. The van der Waals surface area contributed by atoms with E-state index in [9.17, 15) is 9.59 Å². The summed E-state index contributed by atoms with van der Waals surface area (Å²) in [7, 11) is 1.62. The van der Waals surface area contributed by atoms with E-state index in [4.69, 9.17) is 14.2 Å². The molecule has 1 saturated carbocycles. The van der Waals surface area contributed by atoms with Crippen LogP contribution < -0.4 is 19.7 Å². The Morgan fingerprint density at radius 2 is 1.78 bits per heavy atom. The molecule has 3 aliphatic rings. The fourth-order valence-corrected chi connectivity index (χ4v) is 5.50. The second-order valence-corrected chi connectivity index (χ2v) is 9.84. The lowest BCUT2D eigenvalue weighted by Crippen LogP contribution is -2.50. The fourth-order valence-electron chi connectivity index (χ4n) is 5.50. The summed E-state index contributed by atoms with van der Waals surface area (Å²) in [6.45, 7) is 2.01. The molecule has 2 aromatic rings. The summed E-state index contributed by atoms with van der Waals surface area (Å²) in [5.74, 6) is 1.55. The van der Waals surface area contributed by atoms with Crippen LogP contribution in [0.2, 0.25) is 0 Å². The largest absolute Gasteiger partial charge is 0.496 e. The van der Waals surface area contributed by atoms with Crippen LogP contribution >= 0.6 is 0 Å². The van der Waals surface area contributed by atoms with Crippen molar-refractivity contribution in [1.29, 1.82) is 0 Å². The number of ether oxygens (including phenoxy) is 3. The first-order valence-electron chi connectivity index (χ1n) is 13.0. The average Bonchev–Trinajstić information content (AvgIpc) is 2.90. The van der Waals surface area contributed by atoms with Gasteiger partial charge in [0.25, 0.3) is 0 Å². The van der Waals surface area contributed by atoms with Crippen molar-refractivity contribution in [2.24, 2.45) is 0 Å². The van der Waals surface area contributed by atoms with Crippen LogP contribution in [0.1, 0.15) is 50.5 Å². The molecule has 0 atom stereocenters. The zero-order chi connectivity index (χ0) is 24.9. The maximum Gasteiger partial charge on any atom is 0.414 e. The minimum absolute atomic E-state index is 0.0275. The van der Waals surface area contributed by atoms with Gasteiger partial charge in [0.05, 0.1) is 31.0 Å². The molecule has 8 nitrogen and oxygen atoms in total. The van der Waals surface area contributed by atoms with Gasteiger partial charge in [0.2, 0.25) is 5.91 Å². The minimum atomic E-state index is -0.317. The number of benzene rings is 2. The molecule has 2 amide bonds. The van der Waals surface area contributed by atoms with E-state index < -0.39 is 0 Å². The summed E-state index contributed by atoms with van der Waals surface area (Å²) in [5, 5.41) is 2.99. The number of cyclic esters (lactones) is 1. The SMILES string of the molecule is COc1cccc2c1COC(=O)N2C1CCN(CC(=O)Nc2ccc(OC3CCCCC3)cc2)CC1. The molecule has 192 valence electrons. The third-order valence-corrected chi connectivity index (χ3v) is 7.41. The standard InChI is InChI=1S/C28H35N3O5/c1-34-26-9-5-8-25-24(26)19-35-28(33)31(25)21-14-16-30(17-15-21)18-27(32)29-20-10-12-23(13-11-20)36-22-6-3-2-4-7-22/h5,8-13,21-22H,2-4,6-7,14-19H2,1H3,(H,29,32). The highest BCUT2D eigenvalue weighted by atomic mass is 16.6. The summed E-state index contributed by atoms with van der Waals surface area (Å²) in [5.41, 5.74) is 2.53. The molecule has 1 saturated heterocycles. The van der Waals surface area contributed by atoms with Gasteiger partial charge in [-0.05, 0) is 74.9 Å². The number of amides is 2. The Kier molecular flexibility index (Phi) is 7.60. The number of anilines is 2. The maximum absolute atomic E-state index is 12.7. The van der Waals surface area contributed by atoms with Crippen molar-refractivity contribution in [3.05, 3.63) is 48.0 Å². The van der Waals surface area contributed by atoms with E-state index in [1.807, 2.05) is 42.5 Å². The van der Waals surface area contributed by atoms with Gasteiger partial charge < -0.3 is 19.5 Å². The van der Waals surface area contributed by atoms with Crippen molar-refractivity contribution in [2.45, 2.75) is 63.7 Å². The lowest BCUT2D eigenvalue weighted by molar-refractivity contribution is -0.117. The lowest BCUT2D eigenvalue weighted by atomic mass is 9.98. The molecule has 5 rings (SSSR count). The molecule has 0 radical (unpaired) electrons. The summed E-state index contributed by atoms with van der Waals surface area (Å²) in [6.07, 6.45) is 7.55. The number of carbonyl (C=O) groups is 2. The first-order valence-corrected chi connectivity index (χ1v) is 13.0. The molecule has 8 heteroatoms. The highest BCUT2D eigenvalue weighted by Gasteiger charge is 2.35. The highest BCUT2D eigenvalue weighted by Crippen LogP contribution is 2.37. The Balaban J connectivity index is 1.11. The molecular weight excluding hydrogens is 458 g/mol. The van der Waals surface area contributed by atoms with Gasteiger partial charge in [0.1, 0.15) is 18.1 Å². The van der Waals surface area contributed by atoms with Gasteiger partial charge in [-0.25, -0.2) is 4.79 Å². The van der Waals surface area contributed by atoms with Gasteiger partial charge in [0.15, 0.2) is 0 Å². The molecular formula is C28H35N3O5. The van der Waals surface area contributed by atoms with Gasteiger partial charge in [-0.1, -0.05) is 12.5 Å². The molecule has 0 bridgehead atoms. The van der Waals surface area contributed by atoms with Crippen molar-refractivity contribution < 1.29 is 23.8 Å². The second kappa shape index (κ2) is 11.2. The number of fused-ring (bicyclic) bond motifs is 1. The number of piperidine rings is 1. The van der Waals surface area contributed by atoms with Crippen molar-refractivity contribution in [3.63, 3.8) is 0 Å². The summed E-state index contributed by atoms with van der Waals surface area (Å²) in [6, 6.07) is 13.4. The number of carbonyl (C=O) groups excluding carboxylic acids is 2. The van der Waals surface area contributed by atoms with E-state index in [1.54, 1.807) is 12.0 Å². The van der Waals surface area contributed by atoms with E-state index in [-0.39, 0.29) is 24.6 Å². The smallest absolute Gasteiger partial charge is 0.414 e. The summed E-state index contributed by atoms with van der Waals surface area (Å²) in [4.78, 5) is 29.2. The first-order chi connectivity index (χ1) is 17.6. The van der Waals surface area contributed by atoms with Gasteiger partial charge in [-0.3, -0.25) is 14.6 Å². The molecule has 36 heavy (non-hydrogen) atoms. The van der Waals surface area contributed by atoms with Crippen LogP contribution in [-0.4, -0.2) is 55.8 Å². The van der Waals surface area contributed by atoms with E-state index in [2.05, 4.69) is 10.2 Å². The highest BCUT2D eigenvalue weighted by molar-refractivity contribution is 5.93. The van der Waals surface area contributed by atoms with Crippen LogP contribution in [0.3, 0.4) is 0 Å². The molecule has 2 heterocycles. The predicted molar refractivity (Wildman–Crippen MR) is 138 cm³/mol. The van der Waals surface area contributed by atoms with Crippen molar-refractivity contribution >= 4 is 23.4 Å². The van der Waals surface area contributed by atoms with Crippen molar-refractivity contribution in [2.75, 3.05) is 37.0 Å². The Labute approximate surface area is 212 Å². The Morgan fingerprint density at radius 3 is 2.50 bits per heavy atom. The Hall–Kier alpha value is -3.26. The summed E-state index contributed by atoms with van der Waals surface area (Å²) < 4.78 is 17.0. The second-order valence-electron chi connectivity index (χ2n) is 9.84. The molecule has 0 spiro atoms. The number of methoxy groups -OCH3 is 1. The third kappa shape index (κ3) is 5.59. The zero-order valence-corrected chi connectivity index (χ0v) is 20.9. The average molecular weight is 494 g/mol. The van der Waals surface area contributed by atoms with Gasteiger partial charge >= 0.3 is 6.09 Å². The van der Waals surface area contributed by atoms with Crippen LogP contribution in [0, 0.1) is 0 Å². The molecule has 2 fully saturated rings. The lowest BCUT2D eigenvalue weighted by Gasteiger charge is -2.40. The molecule has 2 aromatic carbocycles. The van der Waals surface area contributed by atoms with E-state index >= 15 is 0 Å². The van der Waals surface area contributed by atoms with Crippen LogP contribution in [0.15, 0.2) is 42.5 Å². The number of likely N-dealkylation sites (tertiary alicyclic amines) is 1. The van der Waals surface area contributed by atoms with E-state index in [0.717, 1.165) is 67.2 Å². The number of hydrogen-bond donors (Lipinski definition) is 1. The minimum Gasteiger partial charge on any atom is -0.496 e. The maximum atomic E-state index is 12.7. The van der Waals surface area contributed by atoms with Gasteiger partial charge in [-0.15, -0.1) is 0 Å². The summed E-state index contributed by atoms with van der Waals surface area (Å²) >= 11 is 0. The quantitative estimate of drug-likeness (QED) is 0.587. The van der Waals surface area contributed by atoms with Crippen LogP contribution in [0.4, 0.5) is 16.2 Å². The molecule has 0 aromatic heterocycles. The zero-order valence-electron chi connectivity index (χ0n) is 20.9. The van der Waals surface area contributed by atoms with Crippen LogP contribution in [0.25, 0.3) is 0 Å². The molecule has 1 N–H and O–H groups in total. The molecule has 2 aliphatic heterocycles. The normalized spacial score (nSPS) is 19.4. The molecule has 1 aliphatic carbocycles. The topological polar surface area (TPSA) is 80.3 Å². The number of nitrogens with one attached hydrogen (secondary N) is 1. The van der Waals surface area contributed by atoms with Gasteiger partial charge in [0, 0.05) is 24.8 Å². The Bertz CT molecular complexity index is 1060. The van der Waals surface area contributed by atoms with Gasteiger partial charge in [-0.2, -0.15) is 0 Å². The monoisotopic (exact) mass is 493 g/mol.